The summed E-state index contributed by atoms with van der Waals surface area (Å²) in [6.07, 6.45) is 9.13. The van der Waals surface area contributed by atoms with E-state index < -0.39 is 0 Å². The monoisotopic (exact) mass is 260 g/mol. The smallest absolute Gasteiger partial charge is 0.137 e. The fraction of sp³-hybridized carbons (Fsp3) is 0.867. The lowest BCUT2D eigenvalue weighted by Gasteiger charge is -2.56. The molecule has 0 radical (unpaired) electrons. The second-order valence-corrected chi connectivity index (χ2v) is 7.15. The quantitative estimate of drug-likeness (QED) is 0.903. The Balaban J connectivity index is 1.66. The fourth-order valence-electron chi connectivity index (χ4n) is 5.69. The molecule has 0 spiro atoms. The van der Waals surface area contributed by atoms with Gasteiger partial charge in [-0.25, -0.2) is 0 Å². The van der Waals surface area contributed by atoms with Crippen molar-refractivity contribution in [3.8, 4) is 0 Å². The summed E-state index contributed by atoms with van der Waals surface area (Å²) in [5.41, 5.74) is 6.13. The summed E-state index contributed by atoms with van der Waals surface area (Å²) in [6.45, 7) is 0.722. The van der Waals surface area contributed by atoms with Crippen LogP contribution in [0.4, 0.5) is 0 Å². The summed E-state index contributed by atoms with van der Waals surface area (Å²) in [5, 5.41) is 8.41. The lowest BCUT2D eigenvalue weighted by Crippen LogP contribution is -2.48. The van der Waals surface area contributed by atoms with Crippen molar-refractivity contribution in [1.82, 2.24) is 14.8 Å². The predicted molar refractivity (Wildman–Crippen MR) is 73.3 cm³/mol. The third kappa shape index (κ3) is 1.76. The number of rotatable bonds is 3. The summed E-state index contributed by atoms with van der Waals surface area (Å²) < 4.78 is 2.07. The first-order valence-electron chi connectivity index (χ1n) is 7.80. The lowest BCUT2D eigenvalue weighted by molar-refractivity contribution is -0.0481. The van der Waals surface area contributed by atoms with Gasteiger partial charge >= 0.3 is 0 Å². The molecule has 1 aromatic rings. The van der Waals surface area contributed by atoms with Crippen LogP contribution in [0.5, 0.6) is 0 Å². The number of aromatic nitrogens is 3. The minimum atomic E-state index is 0.419. The van der Waals surface area contributed by atoms with Crippen LogP contribution in [0.2, 0.25) is 0 Å². The number of aryl methyl sites for hydroxylation is 1. The molecule has 4 aliphatic rings. The van der Waals surface area contributed by atoms with Gasteiger partial charge in [0.05, 0.1) is 0 Å². The summed E-state index contributed by atoms with van der Waals surface area (Å²) >= 11 is 0. The van der Waals surface area contributed by atoms with Gasteiger partial charge in [-0.3, -0.25) is 0 Å². The number of hydrogen-bond acceptors (Lipinski definition) is 3. The molecule has 0 aromatic carbocycles. The molecule has 104 valence electrons. The van der Waals surface area contributed by atoms with Crippen LogP contribution < -0.4 is 5.73 Å². The summed E-state index contributed by atoms with van der Waals surface area (Å²) in [4.78, 5) is 0. The van der Waals surface area contributed by atoms with E-state index in [2.05, 4.69) is 14.8 Å². The van der Waals surface area contributed by atoms with Crippen LogP contribution in [0.3, 0.4) is 0 Å². The standard InChI is InChI=1S/C15H24N4/c1-19-8-17-18-15(19)13(7-16)14-11-3-9-2-10(5-11)6-12(14)4-9/h8-14H,2-7,16H2,1H3. The predicted octanol–water partition coefficient (Wildman–Crippen LogP) is 1.93. The molecule has 4 bridgehead atoms. The Kier molecular flexibility index (Phi) is 2.69. The minimum absolute atomic E-state index is 0.419. The van der Waals surface area contributed by atoms with Gasteiger partial charge in [0, 0.05) is 19.5 Å². The van der Waals surface area contributed by atoms with Crippen LogP contribution in [0.15, 0.2) is 6.33 Å². The number of nitrogens with two attached hydrogens (primary N) is 1. The molecular formula is C15H24N4. The molecule has 1 aromatic heterocycles. The van der Waals surface area contributed by atoms with E-state index in [1.54, 1.807) is 0 Å². The molecular weight excluding hydrogens is 236 g/mol. The van der Waals surface area contributed by atoms with Gasteiger partial charge in [0.25, 0.3) is 0 Å². The van der Waals surface area contributed by atoms with Gasteiger partial charge in [-0.1, -0.05) is 0 Å². The van der Waals surface area contributed by atoms with Crippen molar-refractivity contribution < 1.29 is 0 Å². The zero-order chi connectivity index (χ0) is 13.0. The fourth-order valence-corrected chi connectivity index (χ4v) is 5.69. The molecule has 19 heavy (non-hydrogen) atoms. The second kappa shape index (κ2) is 4.30. The molecule has 1 atom stereocenters. The highest BCUT2D eigenvalue weighted by atomic mass is 15.3. The highest BCUT2D eigenvalue weighted by Gasteiger charge is 2.51. The average molecular weight is 260 g/mol. The molecule has 0 aliphatic heterocycles. The maximum Gasteiger partial charge on any atom is 0.137 e. The maximum absolute atomic E-state index is 6.13. The Morgan fingerprint density at radius 1 is 1.21 bits per heavy atom. The largest absolute Gasteiger partial charge is 0.330 e. The Morgan fingerprint density at radius 3 is 2.32 bits per heavy atom. The van der Waals surface area contributed by atoms with Crippen LogP contribution in [-0.2, 0) is 7.05 Å². The molecule has 4 aliphatic carbocycles. The van der Waals surface area contributed by atoms with Gasteiger partial charge in [-0.05, 0) is 61.7 Å². The molecule has 4 heteroatoms. The molecule has 4 fully saturated rings. The lowest BCUT2D eigenvalue weighted by atomic mass is 9.49. The van der Waals surface area contributed by atoms with Crippen molar-refractivity contribution in [1.29, 1.82) is 0 Å². The summed E-state index contributed by atoms with van der Waals surface area (Å²) in [6, 6.07) is 0. The van der Waals surface area contributed by atoms with E-state index in [0.29, 0.717) is 5.92 Å². The zero-order valence-corrected chi connectivity index (χ0v) is 11.7. The van der Waals surface area contributed by atoms with Crippen molar-refractivity contribution >= 4 is 0 Å². The van der Waals surface area contributed by atoms with Crippen LogP contribution in [-0.4, -0.2) is 21.3 Å². The number of nitrogens with zero attached hydrogens (tertiary/aromatic N) is 3. The van der Waals surface area contributed by atoms with Gasteiger partial charge in [-0.2, -0.15) is 0 Å². The average Bonchev–Trinajstić information content (AvgIpc) is 2.79. The van der Waals surface area contributed by atoms with Gasteiger partial charge in [0.1, 0.15) is 12.2 Å². The Morgan fingerprint density at radius 2 is 1.84 bits per heavy atom. The molecule has 5 rings (SSSR count). The number of hydrogen-bond donors (Lipinski definition) is 1. The Hall–Kier alpha value is -0.900. The zero-order valence-electron chi connectivity index (χ0n) is 11.7. The van der Waals surface area contributed by atoms with E-state index >= 15 is 0 Å². The van der Waals surface area contributed by atoms with Crippen molar-refractivity contribution in [2.75, 3.05) is 6.54 Å². The van der Waals surface area contributed by atoms with E-state index in [4.69, 9.17) is 5.73 Å². The van der Waals surface area contributed by atoms with Crippen molar-refractivity contribution in [3.05, 3.63) is 12.2 Å². The third-order valence-electron chi connectivity index (χ3n) is 6.10. The normalized spacial score (nSPS) is 41.7. The van der Waals surface area contributed by atoms with Gasteiger partial charge in [0.15, 0.2) is 0 Å². The molecule has 0 saturated heterocycles. The minimum Gasteiger partial charge on any atom is -0.330 e. The molecule has 1 unspecified atom stereocenters. The Labute approximate surface area is 114 Å². The van der Waals surface area contributed by atoms with Gasteiger partial charge in [0.2, 0.25) is 0 Å². The van der Waals surface area contributed by atoms with Crippen molar-refractivity contribution in [2.45, 2.75) is 38.0 Å². The van der Waals surface area contributed by atoms with Gasteiger partial charge in [-0.15, -0.1) is 10.2 Å². The first-order valence-corrected chi connectivity index (χ1v) is 7.80. The Bertz CT molecular complexity index is 438. The van der Waals surface area contributed by atoms with Crippen LogP contribution in [0.1, 0.15) is 43.8 Å². The SMILES string of the molecule is Cn1cnnc1C(CN)C1C2CC3CC(C2)CC1C3. The highest BCUT2D eigenvalue weighted by molar-refractivity contribution is 5.08. The maximum atomic E-state index is 6.13. The van der Waals surface area contributed by atoms with Crippen LogP contribution >= 0.6 is 0 Å². The van der Waals surface area contributed by atoms with Crippen LogP contribution in [0, 0.1) is 29.6 Å². The first kappa shape index (κ1) is 11.9. The molecule has 0 amide bonds. The van der Waals surface area contributed by atoms with E-state index in [9.17, 15) is 0 Å². The third-order valence-corrected chi connectivity index (χ3v) is 6.10. The van der Waals surface area contributed by atoms with E-state index in [-0.39, 0.29) is 0 Å². The molecule has 1 heterocycles. The van der Waals surface area contributed by atoms with E-state index in [1.165, 1.54) is 32.1 Å². The van der Waals surface area contributed by atoms with Crippen molar-refractivity contribution in [2.24, 2.45) is 42.4 Å². The molecule has 4 nitrogen and oxygen atoms in total. The van der Waals surface area contributed by atoms with E-state index in [0.717, 1.165) is 42.0 Å². The first-order chi connectivity index (χ1) is 9.26. The second-order valence-electron chi connectivity index (χ2n) is 7.15. The van der Waals surface area contributed by atoms with Crippen LogP contribution in [0.25, 0.3) is 0 Å². The van der Waals surface area contributed by atoms with E-state index in [1.807, 2.05) is 13.4 Å². The molecule has 2 N–H and O–H groups in total. The topological polar surface area (TPSA) is 56.7 Å². The van der Waals surface area contributed by atoms with Crippen molar-refractivity contribution in [3.63, 3.8) is 0 Å². The van der Waals surface area contributed by atoms with Gasteiger partial charge < -0.3 is 10.3 Å². The summed E-state index contributed by atoms with van der Waals surface area (Å²) in [5.74, 6) is 6.15. The molecule has 4 saturated carbocycles. The summed E-state index contributed by atoms with van der Waals surface area (Å²) in [7, 11) is 2.05. The highest BCUT2D eigenvalue weighted by Crippen LogP contribution is 2.59.